The molecule has 0 aliphatic heterocycles. The zero-order chi connectivity index (χ0) is 21.5. The van der Waals surface area contributed by atoms with Crippen molar-refractivity contribution in [3.63, 3.8) is 0 Å². The van der Waals surface area contributed by atoms with Gasteiger partial charge in [0.1, 0.15) is 16.7 Å². The molecule has 0 bridgehead atoms. The molecule has 0 saturated heterocycles. The van der Waals surface area contributed by atoms with E-state index in [1.807, 2.05) is 12.1 Å². The molecule has 5 rings (SSSR count). The molecule has 2 atom stereocenters. The van der Waals surface area contributed by atoms with Crippen LogP contribution in [0, 0.1) is 12.8 Å². The van der Waals surface area contributed by atoms with Gasteiger partial charge in [-0.05, 0) is 56.4 Å². The summed E-state index contributed by atoms with van der Waals surface area (Å²) in [5.41, 5.74) is 1.69. The fourth-order valence-corrected chi connectivity index (χ4v) is 4.85. The first kappa shape index (κ1) is 19.8. The van der Waals surface area contributed by atoms with Gasteiger partial charge in [0.2, 0.25) is 0 Å². The molecule has 1 fully saturated rings. The molecule has 1 amide bonds. The SMILES string of the molecule is Cc1onc2c1c(=O)n(C[C@H]1CC[C@@H](NC(=O)c3cccnc3)C1)c1cccc(Cl)c21. The van der Waals surface area contributed by atoms with E-state index in [0.29, 0.717) is 33.8 Å². The van der Waals surface area contributed by atoms with Gasteiger partial charge in [0.05, 0.1) is 16.1 Å². The number of halogens is 1. The summed E-state index contributed by atoms with van der Waals surface area (Å²) >= 11 is 6.48. The second-order valence-electron chi connectivity index (χ2n) is 8.10. The van der Waals surface area contributed by atoms with Gasteiger partial charge in [-0.3, -0.25) is 14.6 Å². The summed E-state index contributed by atoms with van der Waals surface area (Å²) in [4.78, 5) is 29.8. The monoisotopic (exact) mass is 436 g/mol. The first-order valence-electron chi connectivity index (χ1n) is 10.3. The molecule has 0 spiro atoms. The van der Waals surface area contributed by atoms with Crippen molar-refractivity contribution < 1.29 is 9.32 Å². The van der Waals surface area contributed by atoms with E-state index < -0.39 is 0 Å². The molecule has 4 aromatic rings. The van der Waals surface area contributed by atoms with Gasteiger partial charge >= 0.3 is 0 Å². The molecule has 0 radical (unpaired) electrons. The van der Waals surface area contributed by atoms with Crippen molar-refractivity contribution in [1.29, 1.82) is 0 Å². The van der Waals surface area contributed by atoms with Crippen LogP contribution in [0.3, 0.4) is 0 Å². The van der Waals surface area contributed by atoms with E-state index in [4.69, 9.17) is 16.1 Å². The minimum Gasteiger partial charge on any atom is -0.360 e. The van der Waals surface area contributed by atoms with Gasteiger partial charge in [0, 0.05) is 30.4 Å². The average molecular weight is 437 g/mol. The van der Waals surface area contributed by atoms with E-state index in [1.165, 1.54) is 0 Å². The van der Waals surface area contributed by atoms with Crippen molar-refractivity contribution in [2.45, 2.75) is 38.8 Å². The maximum Gasteiger partial charge on any atom is 0.264 e. The van der Waals surface area contributed by atoms with Crippen LogP contribution in [0.4, 0.5) is 0 Å². The normalized spacial score (nSPS) is 18.6. The number of hydrogen-bond donors (Lipinski definition) is 1. The van der Waals surface area contributed by atoms with Gasteiger partial charge in [0.25, 0.3) is 11.5 Å². The number of aryl methyl sites for hydroxylation is 1. The predicted molar refractivity (Wildman–Crippen MR) is 118 cm³/mol. The summed E-state index contributed by atoms with van der Waals surface area (Å²) in [7, 11) is 0. The maximum absolute atomic E-state index is 13.3. The van der Waals surface area contributed by atoms with Crippen molar-refractivity contribution in [3.05, 3.63) is 69.4 Å². The first-order valence-corrected chi connectivity index (χ1v) is 10.7. The number of nitrogens with one attached hydrogen (secondary N) is 1. The molecule has 31 heavy (non-hydrogen) atoms. The van der Waals surface area contributed by atoms with Crippen molar-refractivity contribution in [2.75, 3.05) is 0 Å². The zero-order valence-corrected chi connectivity index (χ0v) is 17.7. The highest BCUT2D eigenvalue weighted by molar-refractivity contribution is 6.37. The Morgan fingerprint density at radius 2 is 2.13 bits per heavy atom. The Balaban J connectivity index is 1.43. The van der Waals surface area contributed by atoms with Crippen LogP contribution in [0.15, 0.2) is 52.0 Å². The predicted octanol–water partition coefficient (Wildman–Crippen LogP) is 4.10. The number of aromatic nitrogens is 3. The summed E-state index contributed by atoms with van der Waals surface area (Å²) in [6.07, 6.45) is 5.81. The van der Waals surface area contributed by atoms with E-state index in [-0.39, 0.29) is 23.4 Å². The van der Waals surface area contributed by atoms with Gasteiger partial charge < -0.3 is 14.4 Å². The molecule has 3 heterocycles. The van der Waals surface area contributed by atoms with Gasteiger partial charge in [-0.15, -0.1) is 0 Å². The lowest BCUT2D eigenvalue weighted by atomic mass is 10.1. The van der Waals surface area contributed by atoms with Gasteiger partial charge in [-0.25, -0.2) is 0 Å². The molecule has 7 nitrogen and oxygen atoms in total. The standard InChI is InChI=1S/C23H21ClN4O3/c1-13-19-21(27-31-13)20-17(24)5-2-6-18(20)28(23(19)30)12-14-7-8-16(10-14)26-22(29)15-4-3-9-25-11-15/h2-6,9,11,14,16H,7-8,10,12H2,1H3,(H,26,29)/t14-,16+/m0/s1. The third kappa shape index (κ3) is 3.49. The first-order chi connectivity index (χ1) is 15.0. The van der Waals surface area contributed by atoms with Crippen LogP contribution in [-0.2, 0) is 6.54 Å². The van der Waals surface area contributed by atoms with E-state index in [1.54, 1.807) is 42.1 Å². The summed E-state index contributed by atoms with van der Waals surface area (Å²) in [5, 5.41) is 8.93. The van der Waals surface area contributed by atoms with E-state index in [9.17, 15) is 9.59 Å². The summed E-state index contributed by atoms with van der Waals surface area (Å²) < 4.78 is 7.09. The number of pyridine rings is 2. The van der Waals surface area contributed by atoms with Crippen molar-refractivity contribution in [1.82, 2.24) is 20.0 Å². The van der Waals surface area contributed by atoms with Crippen LogP contribution in [0.25, 0.3) is 21.8 Å². The van der Waals surface area contributed by atoms with Crippen molar-refractivity contribution in [3.8, 4) is 0 Å². The number of benzene rings is 1. The number of hydrogen-bond acceptors (Lipinski definition) is 5. The molecule has 1 saturated carbocycles. The fraction of sp³-hybridized carbons (Fsp3) is 0.304. The lowest BCUT2D eigenvalue weighted by Gasteiger charge is -2.17. The quantitative estimate of drug-likeness (QED) is 0.520. The van der Waals surface area contributed by atoms with Gasteiger partial charge in [-0.1, -0.05) is 22.8 Å². The minimum absolute atomic E-state index is 0.0734. The Morgan fingerprint density at radius 1 is 1.26 bits per heavy atom. The minimum atomic E-state index is -0.119. The number of amides is 1. The third-order valence-corrected chi connectivity index (χ3v) is 6.40. The maximum atomic E-state index is 13.3. The highest BCUT2D eigenvalue weighted by Crippen LogP contribution is 2.32. The summed E-state index contributed by atoms with van der Waals surface area (Å²) in [6.45, 7) is 2.29. The van der Waals surface area contributed by atoms with Crippen molar-refractivity contribution in [2.24, 2.45) is 5.92 Å². The summed E-state index contributed by atoms with van der Waals surface area (Å²) in [5.74, 6) is 0.634. The summed E-state index contributed by atoms with van der Waals surface area (Å²) in [6, 6.07) is 9.10. The number of fused-ring (bicyclic) bond motifs is 3. The Kier molecular flexibility index (Phi) is 4.98. The van der Waals surface area contributed by atoms with Crippen LogP contribution in [0.5, 0.6) is 0 Å². The zero-order valence-electron chi connectivity index (χ0n) is 17.0. The van der Waals surface area contributed by atoms with Crippen molar-refractivity contribution >= 4 is 39.3 Å². The highest BCUT2D eigenvalue weighted by Gasteiger charge is 2.28. The molecule has 158 valence electrons. The van der Waals surface area contributed by atoms with E-state index in [0.717, 1.165) is 30.2 Å². The Bertz CT molecular complexity index is 1350. The number of rotatable bonds is 4. The molecule has 8 heteroatoms. The van der Waals surface area contributed by atoms with Crippen LogP contribution >= 0.6 is 11.6 Å². The second-order valence-corrected chi connectivity index (χ2v) is 8.51. The fourth-order valence-electron chi connectivity index (χ4n) is 4.59. The van der Waals surface area contributed by atoms with Gasteiger partial charge in [-0.2, -0.15) is 0 Å². The van der Waals surface area contributed by atoms with Crippen LogP contribution < -0.4 is 10.9 Å². The molecule has 1 N–H and O–H groups in total. The van der Waals surface area contributed by atoms with Crippen LogP contribution in [0.2, 0.25) is 5.02 Å². The molecule has 1 aliphatic rings. The van der Waals surface area contributed by atoms with Crippen LogP contribution in [-0.4, -0.2) is 26.7 Å². The molecule has 1 aromatic carbocycles. The molecule has 3 aromatic heterocycles. The molecule has 1 aliphatic carbocycles. The van der Waals surface area contributed by atoms with E-state index >= 15 is 0 Å². The van der Waals surface area contributed by atoms with Gasteiger partial charge in [0.15, 0.2) is 0 Å². The molecule has 0 unspecified atom stereocenters. The smallest absolute Gasteiger partial charge is 0.264 e. The average Bonchev–Trinajstić information content (AvgIpc) is 3.38. The van der Waals surface area contributed by atoms with E-state index in [2.05, 4.69) is 15.5 Å². The third-order valence-electron chi connectivity index (χ3n) is 6.08. The van der Waals surface area contributed by atoms with Crippen LogP contribution in [0.1, 0.15) is 35.4 Å². The Morgan fingerprint density at radius 3 is 2.94 bits per heavy atom. The second kappa shape index (κ2) is 7.81. The highest BCUT2D eigenvalue weighted by atomic mass is 35.5. The molecular formula is C23H21ClN4O3. The number of carbonyl (C=O) groups excluding carboxylic acids is 1. The lowest BCUT2D eigenvalue weighted by Crippen LogP contribution is -2.33. The number of carbonyl (C=O) groups is 1. The lowest BCUT2D eigenvalue weighted by molar-refractivity contribution is 0.0936. The Labute approximate surface area is 183 Å². The largest absolute Gasteiger partial charge is 0.360 e. The number of nitrogens with zero attached hydrogens (tertiary/aromatic N) is 3. The Hall–Kier alpha value is -3.19. The molecular weight excluding hydrogens is 416 g/mol. The topological polar surface area (TPSA) is 90.0 Å².